The second-order valence-electron chi connectivity index (χ2n) is 4.02. The van der Waals surface area contributed by atoms with Crippen LogP contribution in [-0.2, 0) is 6.42 Å². The van der Waals surface area contributed by atoms with Gasteiger partial charge in [-0.05, 0) is 36.6 Å². The molecule has 0 atom stereocenters. The Morgan fingerprint density at radius 1 is 1.24 bits per heavy atom. The first kappa shape index (κ1) is 10.1. The van der Waals surface area contributed by atoms with E-state index in [-0.39, 0.29) is 0 Å². The molecule has 2 heterocycles. The van der Waals surface area contributed by atoms with E-state index in [1.165, 1.54) is 10.9 Å². The molecule has 1 radical (unpaired) electrons. The van der Waals surface area contributed by atoms with Gasteiger partial charge in [-0.2, -0.15) is 0 Å². The lowest BCUT2D eigenvalue weighted by Crippen LogP contribution is -1.89. The molecular formula is C13H13N4. The van der Waals surface area contributed by atoms with E-state index < -0.39 is 0 Å². The number of aryl methyl sites for hydroxylation is 1. The van der Waals surface area contributed by atoms with Crippen LogP contribution in [0, 0.1) is 6.92 Å². The number of nitrogens with zero attached hydrogens (tertiary/aromatic N) is 3. The minimum Gasteiger partial charge on any atom is -0.361 e. The van der Waals surface area contributed by atoms with E-state index in [4.69, 9.17) is 0 Å². The SMILES string of the molecule is [CH2]CCc1c[nH]c2ccc(-n3cnnc3)cc12. The highest BCUT2D eigenvalue weighted by atomic mass is 15.2. The number of rotatable bonds is 3. The van der Waals surface area contributed by atoms with Gasteiger partial charge in [0, 0.05) is 22.8 Å². The molecule has 0 fully saturated rings. The van der Waals surface area contributed by atoms with E-state index in [1.807, 2.05) is 4.57 Å². The predicted molar refractivity (Wildman–Crippen MR) is 66.9 cm³/mol. The minimum atomic E-state index is 0.907. The molecule has 0 aliphatic rings. The number of hydrogen-bond donors (Lipinski definition) is 1. The van der Waals surface area contributed by atoms with Gasteiger partial charge in [0.25, 0.3) is 0 Å². The van der Waals surface area contributed by atoms with Crippen molar-refractivity contribution >= 4 is 10.9 Å². The average molecular weight is 225 g/mol. The van der Waals surface area contributed by atoms with Gasteiger partial charge in [0.05, 0.1) is 0 Å². The van der Waals surface area contributed by atoms with Crippen LogP contribution in [0.1, 0.15) is 12.0 Å². The van der Waals surface area contributed by atoms with Crippen molar-refractivity contribution in [2.45, 2.75) is 12.8 Å². The highest BCUT2D eigenvalue weighted by Gasteiger charge is 2.04. The summed E-state index contributed by atoms with van der Waals surface area (Å²) >= 11 is 0. The summed E-state index contributed by atoms with van der Waals surface area (Å²) in [6.07, 6.45) is 7.37. The Kier molecular flexibility index (Phi) is 2.40. The topological polar surface area (TPSA) is 46.5 Å². The Labute approximate surface area is 99.3 Å². The van der Waals surface area contributed by atoms with Crippen LogP contribution in [-0.4, -0.2) is 19.7 Å². The summed E-state index contributed by atoms with van der Waals surface area (Å²) in [5, 5.41) is 8.89. The lowest BCUT2D eigenvalue weighted by Gasteiger charge is -2.02. The van der Waals surface area contributed by atoms with Gasteiger partial charge in [0.2, 0.25) is 0 Å². The van der Waals surface area contributed by atoms with E-state index >= 15 is 0 Å². The molecule has 2 aromatic heterocycles. The smallest absolute Gasteiger partial charge is 0.123 e. The molecule has 4 heteroatoms. The van der Waals surface area contributed by atoms with E-state index in [0.717, 1.165) is 24.0 Å². The molecule has 0 amide bonds. The monoisotopic (exact) mass is 225 g/mol. The van der Waals surface area contributed by atoms with E-state index in [9.17, 15) is 0 Å². The lowest BCUT2D eigenvalue weighted by atomic mass is 10.1. The zero-order valence-electron chi connectivity index (χ0n) is 9.43. The molecule has 0 saturated heterocycles. The maximum absolute atomic E-state index is 3.90. The van der Waals surface area contributed by atoms with Gasteiger partial charge in [0.1, 0.15) is 12.7 Å². The highest BCUT2D eigenvalue weighted by molar-refractivity contribution is 5.85. The third-order valence-electron chi connectivity index (χ3n) is 2.91. The molecule has 85 valence electrons. The highest BCUT2D eigenvalue weighted by Crippen LogP contribution is 2.22. The molecule has 0 saturated carbocycles. The quantitative estimate of drug-likeness (QED) is 0.744. The first-order chi connectivity index (χ1) is 8.38. The Bertz CT molecular complexity index is 622. The third-order valence-corrected chi connectivity index (χ3v) is 2.91. The molecule has 1 aromatic carbocycles. The predicted octanol–water partition coefficient (Wildman–Crippen LogP) is 2.52. The largest absolute Gasteiger partial charge is 0.361 e. The van der Waals surface area contributed by atoms with Crippen LogP contribution >= 0.6 is 0 Å². The van der Waals surface area contributed by atoms with Crippen LogP contribution in [0.5, 0.6) is 0 Å². The van der Waals surface area contributed by atoms with Gasteiger partial charge in [0.15, 0.2) is 0 Å². The first-order valence-electron chi connectivity index (χ1n) is 5.63. The average Bonchev–Trinajstić information content (AvgIpc) is 2.98. The fourth-order valence-electron chi connectivity index (χ4n) is 2.06. The van der Waals surface area contributed by atoms with Crippen molar-refractivity contribution in [2.75, 3.05) is 0 Å². The van der Waals surface area contributed by atoms with Gasteiger partial charge < -0.3 is 4.98 Å². The van der Waals surface area contributed by atoms with Crippen LogP contribution in [0.25, 0.3) is 16.6 Å². The lowest BCUT2D eigenvalue weighted by molar-refractivity contribution is 1.01. The molecular weight excluding hydrogens is 212 g/mol. The van der Waals surface area contributed by atoms with E-state index in [1.54, 1.807) is 12.7 Å². The van der Waals surface area contributed by atoms with Crippen molar-refractivity contribution in [2.24, 2.45) is 0 Å². The maximum atomic E-state index is 3.90. The minimum absolute atomic E-state index is 0.907. The molecule has 1 N–H and O–H groups in total. The van der Waals surface area contributed by atoms with Crippen LogP contribution in [0.2, 0.25) is 0 Å². The van der Waals surface area contributed by atoms with E-state index in [2.05, 4.69) is 46.5 Å². The Balaban J connectivity index is 2.13. The third kappa shape index (κ3) is 1.71. The normalized spacial score (nSPS) is 11.1. The number of aromatic nitrogens is 4. The molecule has 0 spiro atoms. The zero-order chi connectivity index (χ0) is 11.7. The zero-order valence-corrected chi connectivity index (χ0v) is 9.43. The van der Waals surface area contributed by atoms with Crippen LogP contribution in [0.4, 0.5) is 0 Å². The van der Waals surface area contributed by atoms with Crippen LogP contribution < -0.4 is 0 Å². The molecule has 0 bridgehead atoms. The Morgan fingerprint density at radius 2 is 2.06 bits per heavy atom. The Hall–Kier alpha value is -2.10. The summed E-state index contributed by atoms with van der Waals surface area (Å²) in [6.45, 7) is 3.90. The van der Waals surface area contributed by atoms with Crippen LogP contribution in [0.3, 0.4) is 0 Å². The summed E-state index contributed by atoms with van der Waals surface area (Å²) in [5.41, 5.74) is 3.54. The first-order valence-corrected chi connectivity index (χ1v) is 5.63. The number of H-pyrrole nitrogens is 1. The van der Waals surface area contributed by atoms with Crippen molar-refractivity contribution in [3.8, 4) is 5.69 Å². The molecule has 3 aromatic rings. The number of nitrogens with one attached hydrogen (secondary N) is 1. The molecule has 3 rings (SSSR count). The summed E-state index contributed by atoms with van der Waals surface area (Å²) in [4.78, 5) is 3.28. The number of fused-ring (bicyclic) bond motifs is 1. The number of hydrogen-bond acceptors (Lipinski definition) is 2. The second-order valence-corrected chi connectivity index (χ2v) is 4.02. The fraction of sp³-hybridized carbons (Fsp3) is 0.154. The number of benzene rings is 1. The summed E-state index contributed by atoms with van der Waals surface area (Å²) in [7, 11) is 0. The summed E-state index contributed by atoms with van der Waals surface area (Å²) in [5.74, 6) is 0. The van der Waals surface area contributed by atoms with Crippen molar-refractivity contribution in [3.05, 3.63) is 49.5 Å². The van der Waals surface area contributed by atoms with Crippen LogP contribution in [0.15, 0.2) is 37.1 Å². The summed E-state index contributed by atoms with van der Waals surface area (Å²) < 4.78 is 1.90. The molecule has 17 heavy (non-hydrogen) atoms. The molecule has 0 aliphatic carbocycles. The molecule has 4 nitrogen and oxygen atoms in total. The summed E-state index contributed by atoms with van der Waals surface area (Å²) in [6, 6.07) is 6.29. The van der Waals surface area contributed by atoms with Gasteiger partial charge in [-0.15, -0.1) is 10.2 Å². The van der Waals surface area contributed by atoms with Gasteiger partial charge in [-0.3, -0.25) is 4.57 Å². The van der Waals surface area contributed by atoms with Crippen molar-refractivity contribution in [3.63, 3.8) is 0 Å². The van der Waals surface area contributed by atoms with Crippen molar-refractivity contribution in [1.29, 1.82) is 0 Å². The van der Waals surface area contributed by atoms with Gasteiger partial charge >= 0.3 is 0 Å². The molecule has 0 unspecified atom stereocenters. The van der Waals surface area contributed by atoms with Crippen molar-refractivity contribution in [1.82, 2.24) is 19.7 Å². The number of aromatic amines is 1. The second kappa shape index (κ2) is 4.05. The van der Waals surface area contributed by atoms with Gasteiger partial charge in [-0.1, -0.05) is 6.92 Å². The fourth-order valence-corrected chi connectivity index (χ4v) is 2.06. The van der Waals surface area contributed by atoms with Gasteiger partial charge in [-0.25, -0.2) is 0 Å². The van der Waals surface area contributed by atoms with E-state index in [0.29, 0.717) is 0 Å². The maximum Gasteiger partial charge on any atom is 0.123 e. The standard InChI is InChI=1S/C13H13N4/c1-2-3-10-7-14-13-5-4-11(6-12(10)13)17-8-15-16-9-17/h4-9,14H,1-3H2. The Morgan fingerprint density at radius 3 is 2.82 bits per heavy atom. The van der Waals surface area contributed by atoms with Crippen molar-refractivity contribution < 1.29 is 0 Å². The molecule has 0 aliphatic heterocycles.